The summed E-state index contributed by atoms with van der Waals surface area (Å²) in [7, 11) is 0. The van der Waals surface area contributed by atoms with Crippen LogP contribution in [0, 0.1) is 12.3 Å². The van der Waals surface area contributed by atoms with E-state index in [1.54, 1.807) is 17.8 Å². The molecule has 3 nitrogen and oxygen atoms in total. The van der Waals surface area contributed by atoms with E-state index in [1.807, 2.05) is 29.0 Å². The number of benzene rings is 2. The summed E-state index contributed by atoms with van der Waals surface area (Å²) >= 11 is 3.13. The highest BCUT2D eigenvalue weighted by molar-refractivity contribution is 7.98. The van der Waals surface area contributed by atoms with Crippen LogP contribution in [0.2, 0.25) is 0 Å². The molecule has 0 aliphatic heterocycles. The smallest absolute Gasteiger partial charge is 0.279 e. The molecule has 0 saturated carbocycles. The van der Waals surface area contributed by atoms with Gasteiger partial charge >= 0.3 is 0 Å². The van der Waals surface area contributed by atoms with Gasteiger partial charge in [0.1, 0.15) is 0 Å². The molecule has 0 N–H and O–H groups in total. The van der Waals surface area contributed by atoms with Gasteiger partial charge in [-0.2, -0.15) is 4.99 Å². The van der Waals surface area contributed by atoms with Gasteiger partial charge in [0.15, 0.2) is 4.80 Å². The van der Waals surface area contributed by atoms with Crippen molar-refractivity contribution < 1.29 is 4.79 Å². The van der Waals surface area contributed by atoms with Gasteiger partial charge in [-0.15, -0.1) is 18.2 Å². The predicted octanol–water partition coefficient (Wildman–Crippen LogP) is 5.14. The Morgan fingerprint density at radius 2 is 2.15 bits per heavy atom. The minimum absolute atomic E-state index is 0.241. The molecule has 0 unspecified atom stereocenters. The number of unbranched alkanes of at least 4 members (excludes halogenated alkanes) is 1. The Labute approximate surface area is 168 Å². The fraction of sp³-hybridized carbons (Fsp3) is 0.273. The Morgan fingerprint density at radius 1 is 1.30 bits per heavy atom. The van der Waals surface area contributed by atoms with Crippen LogP contribution in [0.1, 0.15) is 35.7 Å². The van der Waals surface area contributed by atoms with Crippen LogP contribution < -0.4 is 4.80 Å². The van der Waals surface area contributed by atoms with Crippen molar-refractivity contribution in [2.45, 2.75) is 37.6 Å². The number of thioether (sulfide) groups is 1. The molecule has 0 saturated heterocycles. The topological polar surface area (TPSA) is 34.4 Å². The molecule has 0 fully saturated rings. The summed E-state index contributed by atoms with van der Waals surface area (Å²) in [5.74, 6) is 2.44. The zero-order valence-corrected chi connectivity index (χ0v) is 17.2. The molecule has 0 aliphatic carbocycles. The van der Waals surface area contributed by atoms with Crippen LogP contribution in [0.3, 0.4) is 0 Å². The summed E-state index contributed by atoms with van der Waals surface area (Å²) in [5, 5.41) is 0. The fourth-order valence-electron chi connectivity index (χ4n) is 2.89. The second kappa shape index (κ2) is 9.07. The summed E-state index contributed by atoms with van der Waals surface area (Å²) in [6.45, 7) is 2.59. The molecule has 138 valence electrons. The van der Waals surface area contributed by atoms with Crippen LogP contribution >= 0.6 is 23.1 Å². The number of nitrogens with zero attached hydrogens (tertiary/aromatic N) is 2. The van der Waals surface area contributed by atoms with E-state index < -0.39 is 0 Å². The van der Waals surface area contributed by atoms with Crippen LogP contribution in [0.15, 0.2) is 52.4 Å². The molecule has 0 aliphatic rings. The first-order chi connectivity index (χ1) is 13.2. The maximum Gasteiger partial charge on any atom is 0.279 e. The Bertz CT molecular complexity index is 1070. The minimum Gasteiger partial charge on any atom is -0.305 e. The van der Waals surface area contributed by atoms with Crippen LogP contribution in [-0.2, 0) is 13.0 Å². The Hall–Kier alpha value is -2.29. The molecular weight excluding hydrogens is 372 g/mol. The number of carbonyl (C=O) groups excluding carboxylic acids is 1. The van der Waals surface area contributed by atoms with Gasteiger partial charge in [0.05, 0.1) is 16.8 Å². The van der Waals surface area contributed by atoms with E-state index in [2.05, 4.69) is 36.0 Å². The quantitative estimate of drug-likeness (QED) is 0.428. The number of hydrogen-bond acceptors (Lipinski definition) is 3. The fourth-order valence-corrected chi connectivity index (χ4v) is 4.44. The number of rotatable bonds is 6. The number of fused-ring (bicyclic) bond motifs is 1. The van der Waals surface area contributed by atoms with E-state index in [1.165, 1.54) is 29.7 Å². The zero-order valence-electron chi connectivity index (χ0n) is 15.6. The monoisotopic (exact) mass is 394 g/mol. The summed E-state index contributed by atoms with van der Waals surface area (Å²) in [6.07, 6.45) is 11.0. The van der Waals surface area contributed by atoms with Gasteiger partial charge in [0.25, 0.3) is 5.91 Å². The Balaban J connectivity index is 2.05. The molecule has 0 spiro atoms. The first-order valence-corrected chi connectivity index (χ1v) is 11.0. The molecule has 1 amide bonds. The molecule has 3 aromatic rings. The van der Waals surface area contributed by atoms with Crippen LogP contribution in [0.4, 0.5) is 0 Å². The third-order valence-corrected chi connectivity index (χ3v) is 6.10. The standard InChI is InChI=1S/C22H22N2OS2/c1-4-6-8-16-11-12-19-20(14-16)27-22(24(19)13-5-2)23-21(25)17-9-7-10-18(15-17)26-3/h2,7,9-12,14-15H,4,6,8,13H2,1,3H3. The van der Waals surface area contributed by atoms with Crippen molar-refractivity contribution >= 4 is 39.2 Å². The lowest BCUT2D eigenvalue weighted by Crippen LogP contribution is -2.16. The van der Waals surface area contributed by atoms with E-state index in [4.69, 9.17) is 6.42 Å². The molecule has 5 heteroatoms. The zero-order chi connectivity index (χ0) is 19.2. The number of carbonyl (C=O) groups is 1. The largest absolute Gasteiger partial charge is 0.305 e. The van der Waals surface area contributed by atoms with Crippen LogP contribution in [-0.4, -0.2) is 16.7 Å². The van der Waals surface area contributed by atoms with Crippen molar-refractivity contribution in [1.82, 2.24) is 4.57 Å². The molecule has 2 aromatic carbocycles. The SMILES string of the molecule is C#CCn1c(=NC(=O)c2cccc(SC)c2)sc2cc(CCCC)ccc21. The number of terminal acetylenes is 1. The van der Waals surface area contributed by atoms with Gasteiger partial charge < -0.3 is 4.57 Å². The van der Waals surface area contributed by atoms with Gasteiger partial charge in [-0.1, -0.05) is 42.7 Å². The van der Waals surface area contributed by atoms with E-state index in [0.29, 0.717) is 16.9 Å². The number of hydrogen-bond donors (Lipinski definition) is 0. The lowest BCUT2D eigenvalue weighted by atomic mass is 10.1. The summed E-state index contributed by atoms with van der Waals surface area (Å²) in [5.41, 5.74) is 2.93. The number of amides is 1. The van der Waals surface area contributed by atoms with Crippen LogP contribution in [0.5, 0.6) is 0 Å². The predicted molar refractivity (Wildman–Crippen MR) is 115 cm³/mol. The molecule has 1 heterocycles. The second-order valence-electron chi connectivity index (χ2n) is 6.23. The minimum atomic E-state index is -0.241. The van der Waals surface area contributed by atoms with E-state index >= 15 is 0 Å². The maximum atomic E-state index is 12.7. The first-order valence-electron chi connectivity index (χ1n) is 8.95. The van der Waals surface area contributed by atoms with Gasteiger partial charge in [0, 0.05) is 10.5 Å². The average Bonchev–Trinajstić information content (AvgIpc) is 3.03. The van der Waals surface area contributed by atoms with Crippen molar-refractivity contribution in [2.75, 3.05) is 6.26 Å². The maximum absolute atomic E-state index is 12.7. The summed E-state index contributed by atoms with van der Waals surface area (Å²) in [4.78, 5) is 18.8. The molecular formula is C22H22N2OS2. The average molecular weight is 395 g/mol. The molecule has 3 rings (SSSR count). The third kappa shape index (κ3) is 4.52. The van der Waals surface area contributed by atoms with Crippen molar-refractivity contribution in [3.05, 3.63) is 58.4 Å². The molecule has 1 aromatic heterocycles. The van der Waals surface area contributed by atoms with E-state index in [0.717, 1.165) is 21.5 Å². The molecule has 0 atom stereocenters. The van der Waals surface area contributed by atoms with Crippen LogP contribution in [0.25, 0.3) is 10.2 Å². The molecule has 0 radical (unpaired) electrons. The molecule has 27 heavy (non-hydrogen) atoms. The normalized spacial score (nSPS) is 11.7. The number of aromatic nitrogens is 1. The number of thiazole rings is 1. The van der Waals surface area contributed by atoms with Gasteiger partial charge in [0.2, 0.25) is 0 Å². The van der Waals surface area contributed by atoms with Crippen molar-refractivity contribution in [2.24, 2.45) is 4.99 Å². The van der Waals surface area contributed by atoms with Gasteiger partial charge in [-0.3, -0.25) is 4.79 Å². The van der Waals surface area contributed by atoms with E-state index in [9.17, 15) is 4.79 Å². The van der Waals surface area contributed by atoms with Gasteiger partial charge in [-0.25, -0.2) is 0 Å². The lowest BCUT2D eigenvalue weighted by molar-refractivity contribution is 0.0997. The summed E-state index contributed by atoms with van der Waals surface area (Å²) in [6, 6.07) is 14.0. The van der Waals surface area contributed by atoms with Crippen molar-refractivity contribution in [3.63, 3.8) is 0 Å². The highest BCUT2D eigenvalue weighted by atomic mass is 32.2. The number of aryl methyl sites for hydroxylation is 1. The lowest BCUT2D eigenvalue weighted by Gasteiger charge is -2.02. The first kappa shape index (κ1) is 19.5. The van der Waals surface area contributed by atoms with E-state index in [-0.39, 0.29) is 5.91 Å². The second-order valence-corrected chi connectivity index (χ2v) is 8.12. The molecule has 0 bridgehead atoms. The van der Waals surface area contributed by atoms with Gasteiger partial charge in [-0.05, 0) is 55.0 Å². The Kier molecular flexibility index (Phi) is 6.54. The van der Waals surface area contributed by atoms with Crippen molar-refractivity contribution in [1.29, 1.82) is 0 Å². The highest BCUT2D eigenvalue weighted by Gasteiger charge is 2.10. The highest BCUT2D eigenvalue weighted by Crippen LogP contribution is 2.21. The third-order valence-electron chi connectivity index (χ3n) is 4.33. The Morgan fingerprint density at radius 3 is 2.89 bits per heavy atom. The van der Waals surface area contributed by atoms with Crippen molar-refractivity contribution in [3.8, 4) is 12.3 Å². The summed E-state index contributed by atoms with van der Waals surface area (Å²) < 4.78 is 3.06.